The lowest BCUT2D eigenvalue weighted by Crippen LogP contribution is -2.18. The van der Waals surface area contributed by atoms with Gasteiger partial charge in [0.2, 0.25) is 0 Å². The molecule has 0 spiro atoms. The fraction of sp³-hybridized carbons (Fsp3) is 0.300. The van der Waals surface area contributed by atoms with Crippen molar-refractivity contribution in [2.24, 2.45) is 5.41 Å². The third-order valence-electron chi connectivity index (χ3n) is 4.60. The Hall–Kier alpha value is -2.62. The van der Waals surface area contributed by atoms with Gasteiger partial charge in [0.1, 0.15) is 0 Å². The summed E-state index contributed by atoms with van der Waals surface area (Å²) in [5, 5.41) is 6.01. The number of rotatable bonds is 3. The first-order valence-electron chi connectivity index (χ1n) is 8.09. The van der Waals surface area contributed by atoms with Crippen LogP contribution in [-0.2, 0) is 6.42 Å². The van der Waals surface area contributed by atoms with Crippen LogP contribution in [0, 0.1) is 12.3 Å². The summed E-state index contributed by atoms with van der Waals surface area (Å²) < 4.78 is 0. The number of carbonyl (C=O) groups is 2. The molecule has 0 bridgehead atoms. The first kappa shape index (κ1) is 16.2. The lowest BCUT2D eigenvalue weighted by atomic mass is 9.89. The molecule has 0 saturated carbocycles. The number of ketones is 1. The Morgan fingerprint density at radius 3 is 2.58 bits per heavy atom. The molecular formula is C20H22N2O2. The molecule has 0 fully saturated rings. The molecule has 124 valence electrons. The van der Waals surface area contributed by atoms with Crippen LogP contribution in [0.4, 0.5) is 11.4 Å². The monoisotopic (exact) mass is 322 g/mol. The summed E-state index contributed by atoms with van der Waals surface area (Å²) >= 11 is 0. The molecule has 4 heteroatoms. The Morgan fingerprint density at radius 2 is 1.88 bits per heavy atom. The van der Waals surface area contributed by atoms with E-state index in [-0.39, 0.29) is 17.1 Å². The lowest BCUT2D eigenvalue weighted by molar-refractivity contribution is 0.0863. The van der Waals surface area contributed by atoms with Crippen LogP contribution in [0.3, 0.4) is 0 Å². The molecule has 2 aromatic rings. The maximum atomic E-state index is 12.3. The molecule has 0 unspecified atom stereocenters. The second kappa shape index (κ2) is 5.78. The molecule has 24 heavy (non-hydrogen) atoms. The third kappa shape index (κ3) is 2.80. The molecule has 2 N–H and O–H groups in total. The summed E-state index contributed by atoms with van der Waals surface area (Å²) in [5.41, 5.74) is 5.06. The zero-order valence-electron chi connectivity index (χ0n) is 14.5. The number of Topliss-reactive ketones (excluding diaryl/α,β-unsaturated/α-hetero) is 1. The van der Waals surface area contributed by atoms with Gasteiger partial charge >= 0.3 is 0 Å². The smallest absolute Gasteiger partial charge is 0.251 e. The van der Waals surface area contributed by atoms with E-state index in [0.717, 1.165) is 34.5 Å². The van der Waals surface area contributed by atoms with Gasteiger partial charge in [0.15, 0.2) is 5.78 Å². The number of hydrogen-bond donors (Lipinski definition) is 2. The van der Waals surface area contributed by atoms with E-state index in [4.69, 9.17) is 0 Å². The molecule has 0 aliphatic heterocycles. The molecular weight excluding hydrogens is 300 g/mol. The summed E-state index contributed by atoms with van der Waals surface area (Å²) in [6.07, 6.45) is 0.758. The molecule has 0 heterocycles. The maximum Gasteiger partial charge on any atom is 0.251 e. The van der Waals surface area contributed by atoms with Crippen molar-refractivity contribution in [1.82, 2.24) is 5.32 Å². The Kier molecular flexibility index (Phi) is 3.91. The highest BCUT2D eigenvalue weighted by Crippen LogP contribution is 2.37. The average Bonchev–Trinajstić information content (AvgIpc) is 2.77. The van der Waals surface area contributed by atoms with E-state index in [1.807, 2.05) is 57.2 Å². The van der Waals surface area contributed by atoms with Crippen LogP contribution in [0.25, 0.3) is 0 Å². The Balaban J connectivity index is 1.91. The van der Waals surface area contributed by atoms with Crippen molar-refractivity contribution in [1.29, 1.82) is 0 Å². The van der Waals surface area contributed by atoms with Crippen molar-refractivity contribution in [2.75, 3.05) is 12.4 Å². The first-order valence-corrected chi connectivity index (χ1v) is 8.09. The summed E-state index contributed by atoms with van der Waals surface area (Å²) in [4.78, 5) is 24.1. The van der Waals surface area contributed by atoms with Gasteiger partial charge in [-0.25, -0.2) is 0 Å². The van der Waals surface area contributed by atoms with Gasteiger partial charge in [-0.3, -0.25) is 9.59 Å². The van der Waals surface area contributed by atoms with E-state index in [2.05, 4.69) is 10.6 Å². The number of amides is 1. The van der Waals surface area contributed by atoms with E-state index in [9.17, 15) is 9.59 Å². The highest BCUT2D eigenvalue weighted by atomic mass is 16.1. The largest absolute Gasteiger partial charge is 0.355 e. The van der Waals surface area contributed by atoms with E-state index in [1.54, 1.807) is 7.05 Å². The molecule has 0 aromatic heterocycles. The van der Waals surface area contributed by atoms with Gasteiger partial charge in [-0.15, -0.1) is 0 Å². The van der Waals surface area contributed by atoms with E-state index in [1.165, 1.54) is 0 Å². The van der Waals surface area contributed by atoms with Crippen LogP contribution in [0.5, 0.6) is 0 Å². The number of aryl methyl sites for hydroxylation is 1. The first-order chi connectivity index (χ1) is 11.3. The fourth-order valence-electron chi connectivity index (χ4n) is 3.16. The normalized spacial score (nSPS) is 15.1. The molecule has 3 rings (SSSR count). The molecule has 2 aromatic carbocycles. The van der Waals surface area contributed by atoms with Crippen molar-refractivity contribution < 1.29 is 9.59 Å². The highest BCUT2D eigenvalue weighted by Gasteiger charge is 2.37. The van der Waals surface area contributed by atoms with Crippen molar-refractivity contribution in [3.8, 4) is 0 Å². The zero-order valence-corrected chi connectivity index (χ0v) is 14.5. The zero-order chi connectivity index (χ0) is 17.5. The highest BCUT2D eigenvalue weighted by molar-refractivity contribution is 6.04. The summed E-state index contributed by atoms with van der Waals surface area (Å²) in [7, 11) is 1.62. The fourth-order valence-corrected chi connectivity index (χ4v) is 3.16. The van der Waals surface area contributed by atoms with Crippen LogP contribution in [-0.4, -0.2) is 18.7 Å². The van der Waals surface area contributed by atoms with Crippen molar-refractivity contribution >= 4 is 23.1 Å². The number of nitrogens with one attached hydrogen (secondary N) is 2. The maximum absolute atomic E-state index is 12.3. The molecule has 0 saturated heterocycles. The van der Waals surface area contributed by atoms with Gasteiger partial charge in [0, 0.05) is 35.0 Å². The van der Waals surface area contributed by atoms with Crippen LogP contribution in [0.2, 0.25) is 0 Å². The van der Waals surface area contributed by atoms with Gasteiger partial charge in [-0.05, 0) is 54.8 Å². The summed E-state index contributed by atoms with van der Waals surface area (Å²) in [6, 6.07) is 11.4. The Bertz CT molecular complexity index is 838. The van der Waals surface area contributed by atoms with Gasteiger partial charge in [0.05, 0.1) is 0 Å². The van der Waals surface area contributed by atoms with Crippen LogP contribution >= 0.6 is 0 Å². The van der Waals surface area contributed by atoms with Crippen LogP contribution in [0.1, 0.15) is 45.7 Å². The predicted octanol–water partition coefficient (Wildman–Crippen LogP) is 3.86. The van der Waals surface area contributed by atoms with Crippen molar-refractivity contribution in [2.45, 2.75) is 27.2 Å². The molecule has 4 nitrogen and oxygen atoms in total. The minimum atomic E-state index is -0.323. The molecule has 0 radical (unpaired) electrons. The van der Waals surface area contributed by atoms with Gasteiger partial charge in [0.25, 0.3) is 5.91 Å². The summed E-state index contributed by atoms with van der Waals surface area (Å²) in [6.45, 7) is 5.97. The second-order valence-electron chi connectivity index (χ2n) is 7.00. The number of benzene rings is 2. The standard InChI is InChI=1S/C20H22N2O2/c1-12-5-6-13(19(24)21-4)10-17(12)22-15-7-8-16-14(9-15)11-20(2,3)18(16)23/h5-10,22H,11H2,1-4H3,(H,21,24). The van der Waals surface area contributed by atoms with Crippen molar-refractivity contribution in [3.63, 3.8) is 0 Å². The average molecular weight is 322 g/mol. The quantitative estimate of drug-likeness (QED) is 0.902. The summed E-state index contributed by atoms with van der Waals surface area (Å²) in [5.74, 6) is 0.0983. The molecule has 0 atom stereocenters. The van der Waals surface area contributed by atoms with Gasteiger partial charge in [-0.1, -0.05) is 19.9 Å². The van der Waals surface area contributed by atoms with Gasteiger partial charge in [-0.2, -0.15) is 0 Å². The van der Waals surface area contributed by atoms with E-state index < -0.39 is 0 Å². The lowest BCUT2D eigenvalue weighted by Gasteiger charge is -2.13. The Labute approximate surface area is 142 Å². The van der Waals surface area contributed by atoms with Crippen molar-refractivity contribution in [3.05, 3.63) is 58.7 Å². The second-order valence-corrected chi connectivity index (χ2v) is 7.00. The van der Waals surface area contributed by atoms with E-state index >= 15 is 0 Å². The minimum Gasteiger partial charge on any atom is -0.355 e. The predicted molar refractivity (Wildman–Crippen MR) is 96.1 cm³/mol. The minimum absolute atomic E-state index is 0.112. The Morgan fingerprint density at radius 1 is 1.12 bits per heavy atom. The van der Waals surface area contributed by atoms with Gasteiger partial charge < -0.3 is 10.6 Å². The topological polar surface area (TPSA) is 58.2 Å². The molecule has 1 aliphatic carbocycles. The number of carbonyl (C=O) groups excluding carboxylic acids is 2. The van der Waals surface area contributed by atoms with Crippen LogP contribution < -0.4 is 10.6 Å². The number of anilines is 2. The third-order valence-corrected chi connectivity index (χ3v) is 4.60. The number of fused-ring (bicyclic) bond motifs is 1. The van der Waals surface area contributed by atoms with E-state index in [0.29, 0.717) is 5.56 Å². The molecule has 1 aliphatic rings. The number of hydrogen-bond acceptors (Lipinski definition) is 3. The SMILES string of the molecule is CNC(=O)c1ccc(C)c(Nc2ccc3c(c2)CC(C)(C)C3=O)c1. The van der Waals surface area contributed by atoms with Crippen LogP contribution in [0.15, 0.2) is 36.4 Å². The molecule has 1 amide bonds.